The molecule has 0 heterocycles. The molecule has 15 heavy (non-hydrogen) atoms. The van der Waals surface area contributed by atoms with Gasteiger partial charge in [0, 0.05) is 13.2 Å². The minimum Gasteiger partial charge on any atom is -0.468 e. The summed E-state index contributed by atoms with van der Waals surface area (Å²) in [5, 5.41) is 3.28. The van der Waals surface area contributed by atoms with E-state index in [4.69, 9.17) is 9.47 Å². The van der Waals surface area contributed by atoms with Crippen molar-refractivity contribution in [2.24, 2.45) is 0 Å². The maximum absolute atomic E-state index is 11.7. The van der Waals surface area contributed by atoms with Crippen LogP contribution in [0.25, 0.3) is 0 Å². The molecule has 0 aromatic rings. The van der Waals surface area contributed by atoms with Gasteiger partial charge in [0.2, 0.25) is 0 Å². The number of methoxy groups -OCH3 is 2. The average molecular weight is 217 g/mol. The first kappa shape index (κ1) is 14.4. The molecule has 0 aliphatic heterocycles. The lowest BCUT2D eigenvalue weighted by molar-refractivity contribution is -0.151. The second-order valence-electron chi connectivity index (χ2n) is 3.81. The molecule has 0 aromatic heterocycles. The number of nitrogens with one attached hydrogen (secondary N) is 1. The highest BCUT2D eigenvalue weighted by Crippen LogP contribution is 2.15. The molecule has 90 valence electrons. The number of hydrogen-bond donors (Lipinski definition) is 1. The minimum atomic E-state index is -0.709. The van der Waals surface area contributed by atoms with E-state index in [-0.39, 0.29) is 12.0 Å². The minimum absolute atomic E-state index is 0.257. The first-order valence-electron chi connectivity index (χ1n) is 5.41. The van der Waals surface area contributed by atoms with Crippen molar-refractivity contribution in [1.29, 1.82) is 0 Å². The Morgan fingerprint density at radius 1 is 1.40 bits per heavy atom. The Hall–Kier alpha value is -0.610. The number of esters is 1. The van der Waals surface area contributed by atoms with Crippen LogP contribution in [0.2, 0.25) is 0 Å². The molecule has 0 aromatic carbocycles. The third kappa shape index (κ3) is 3.80. The molecule has 0 spiro atoms. The van der Waals surface area contributed by atoms with Crippen LogP contribution in [0, 0.1) is 0 Å². The highest BCUT2D eigenvalue weighted by atomic mass is 16.5. The molecule has 0 amide bonds. The Balaban J connectivity index is 4.71. The van der Waals surface area contributed by atoms with E-state index >= 15 is 0 Å². The average Bonchev–Trinajstić information content (AvgIpc) is 2.26. The van der Waals surface area contributed by atoms with Crippen LogP contribution in [0.4, 0.5) is 0 Å². The quantitative estimate of drug-likeness (QED) is 0.654. The van der Waals surface area contributed by atoms with Crippen LogP contribution >= 0.6 is 0 Å². The number of rotatable bonds is 7. The van der Waals surface area contributed by atoms with Crippen molar-refractivity contribution in [2.45, 2.75) is 45.2 Å². The van der Waals surface area contributed by atoms with Gasteiger partial charge < -0.3 is 9.47 Å². The van der Waals surface area contributed by atoms with Crippen LogP contribution in [0.15, 0.2) is 0 Å². The van der Waals surface area contributed by atoms with Gasteiger partial charge in [0.15, 0.2) is 0 Å². The number of carbonyl (C=O) groups excluding carboxylic acids is 1. The lowest BCUT2D eigenvalue weighted by Gasteiger charge is -2.33. The van der Waals surface area contributed by atoms with Crippen LogP contribution in [-0.2, 0) is 14.3 Å². The fourth-order valence-corrected chi connectivity index (χ4v) is 1.52. The third-order valence-corrected chi connectivity index (χ3v) is 2.71. The normalized spacial score (nSPS) is 16.9. The van der Waals surface area contributed by atoms with Gasteiger partial charge in [-0.3, -0.25) is 5.32 Å². The van der Waals surface area contributed by atoms with Crippen molar-refractivity contribution in [3.8, 4) is 0 Å². The highest BCUT2D eigenvalue weighted by molar-refractivity contribution is 5.81. The fourth-order valence-electron chi connectivity index (χ4n) is 1.52. The molecule has 0 rings (SSSR count). The van der Waals surface area contributed by atoms with E-state index < -0.39 is 5.54 Å². The molecule has 0 aliphatic rings. The molecule has 0 aliphatic carbocycles. The second kappa shape index (κ2) is 6.80. The van der Waals surface area contributed by atoms with E-state index in [9.17, 15) is 4.79 Å². The standard InChI is InChI=1S/C11H23NO3/c1-6-9(3)12-11(7-2,8-14-4)10(13)15-5/h9,12H,6-8H2,1-5H3. The first-order valence-corrected chi connectivity index (χ1v) is 5.41. The summed E-state index contributed by atoms with van der Waals surface area (Å²) in [4.78, 5) is 11.7. The zero-order chi connectivity index (χ0) is 11.9. The molecule has 1 N–H and O–H groups in total. The highest BCUT2D eigenvalue weighted by Gasteiger charge is 2.38. The van der Waals surface area contributed by atoms with Crippen molar-refractivity contribution >= 4 is 5.97 Å². The fraction of sp³-hybridized carbons (Fsp3) is 0.909. The Bertz CT molecular complexity index is 196. The Labute approximate surface area is 92.3 Å². The van der Waals surface area contributed by atoms with Crippen LogP contribution in [-0.4, -0.2) is 38.4 Å². The lowest BCUT2D eigenvalue weighted by atomic mass is 9.95. The van der Waals surface area contributed by atoms with E-state index in [1.807, 2.05) is 13.8 Å². The first-order chi connectivity index (χ1) is 7.06. The van der Waals surface area contributed by atoms with Gasteiger partial charge in [-0.15, -0.1) is 0 Å². The van der Waals surface area contributed by atoms with Crippen molar-refractivity contribution in [3.05, 3.63) is 0 Å². The molecular weight excluding hydrogens is 194 g/mol. The van der Waals surface area contributed by atoms with Gasteiger partial charge in [0.1, 0.15) is 5.54 Å². The zero-order valence-corrected chi connectivity index (χ0v) is 10.4. The molecule has 0 radical (unpaired) electrons. The molecular formula is C11H23NO3. The van der Waals surface area contributed by atoms with Gasteiger partial charge in [-0.25, -0.2) is 4.79 Å². The van der Waals surface area contributed by atoms with E-state index in [0.29, 0.717) is 13.0 Å². The molecule has 0 saturated heterocycles. The Morgan fingerprint density at radius 2 is 2.00 bits per heavy atom. The molecule has 4 nitrogen and oxygen atoms in total. The molecule has 2 atom stereocenters. The van der Waals surface area contributed by atoms with Gasteiger partial charge in [-0.05, 0) is 19.8 Å². The molecule has 4 heteroatoms. The van der Waals surface area contributed by atoms with E-state index in [2.05, 4.69) is 12.2 Å². The monoisotopic (exact) mass is 217 g/mol. The molecule has 2 unspecified atom stereocenters. The van der Waals surface area contributed by atoms with Crippen molar-refractivity contribution < 1.29 is 14.3 Å². The topological polar surface area (TPSA) is 47.6 Å². The van der Waals surface area contributed by atoms with Crippen molar-refractivity contribution in [2.75, 3.05) is 20.8 Å². The summed E-state index contributed by atoms with van der Waals surface area (Å²) in [5.41, 5.74) is -0.709. The smallest absolute Gasteiger partial charge is 0.328 e. The van der Waals surface area contributed by atoms with Gasteiger partial charge in [-0.1, -0.05) is 13.8 Å². The van der Waals surface area contributed by atoms with Crippen molar-refractivity contribution in [1.82, 2.24) is 5.32 Å². The van der Waals surface area contributed by atoms with E-state index in [0.717, 1.165) is 6.42 Å². The van der Waals surface area contributed by atoms with E-state index in [1.165, 1.54) is 7.11 Å². The molecule has 0 fully saturated rings. The van der Waals surface area contributed by atoms with Crippen LogP contribution < -0.4 is 5.32 Å². The third-order valence-electron chi connectivity index (χ3n) is 2.71. The zero-order valence-electron chi connectivity index (χ0n) is 10.4. The summed E-state index contributed by atoms with van der Waals surface area (Å²) < 4.78 is 9.93. The summed E-state index contributed by atoms with van der Waals surface area (Å²) >= 11 is 0. The van der Waals surface area contributed by atoms with Gasteiger partial charge in [0.25, 0.3) is 0 Å². The Kier molecular flexibility index (Phi) is 6.52. The molecule has 0 saturated carbocycles. The van der Waals surface area contributed by atoms with Crippen LogP contribution in [0.1, 0.15) is 33.6 Å². The number of hydrogen-bond acceptors (Lipinski definition) is 4. The number of ether oxygens (including phenoxy) is 2. The second-order valence-corrected chi connectivity index (χ2v) is 3.81. The predicted octanol–water partition coefficient (Wildman–Crippen LogP) is 1.34. The SMILES string of the molecule is CCC(C)NC(CC)(COC)C(=O)OC. The van der Waals surface area contributed by atoms with Crippen LogP contribution in [0.3, 0.4) is 0 Å². The largest absolute Gasteiger partial charge is 0.468 e. The van der Waals surface area contributed by atoms with Gasteiger partial charge in [0.05, 0.1) is 13.7 Å². The maximum Gasteiger partial charge on any atom is 0.328 e. The Morgan fingerprint density at radius 3 is 2.33 bits per heavy atom. The van der Waals surface area contributed by atoms with Gasteiger partial charge >= 0.3 is 5.97 Å². The summed E-state index contributed by atoms with van der Waals surface area (Å²) in [6.07, 6.45) is 1.61. The van der Waals surface area contributed by atoms with Crippen molar-refractivity contribution in [3.63, 3.8) is 0 Å². The lowest BCUT2D eigenvalue weighted by Crippen LogP contribution is -2.58. The summed E-state index contributed by atoms with van der Waals surface area (Å²) in [5.74, 6) is -0.257. The predicted molar refractivity (Wildman–Crippen MR) is 59.8 cm³/mol. The summed E-state index contributed by atoms with van der Waals surface area (Å²) in [6, 6.07) is 0.263. The van der Waals surface area contributed by atoms with E-state index in [1.54, 1.807) is 7.11 Å². The molecule has 0 bridgehead atoms. The van der Waals surface area contributed by atoms with Gasteiger partial charge in [-0.2, -0.15) is 0 Å². The van der Waals surface area contributed by atoms with Crippen LogP contribution in [0.5, 0.6) is 0 Å². The number of carbonyl (C=O) groups is 1. The summed E-state index contributed by atoms with van der Waals surface area (Å²) in [7, 11) is 2.99. The summed E-state index contributed by atoms with van der Waals surface area (Å²) in [6.45, 7) is 6.40. The maximum atomic E-state index is 11.7.